The summed E-state index contributed by atoms with van der Waals surface area (Å²) < 4.78 is 0. The van der Waals surface area contributed by atoms with Crippen LogP contribution in [0.25, 0.3) is 0 Å². The second kappa shape index (κ2) is 8.84. The number of benzene rings is 1. The number of halogens is 1. The fraction of sp³-hybridized carbons (Fsp3) is 0.450. The van der Waals surface area contributed by atoms with Gasteiger partial charge in [-0.2, -0.15) is 0 Å². The van der Waals surface area contributed by atoms with Gasteiger partial charge in [-0.25, -0.2) is 0 Å². The normalized spacial score (nSPS) is 16.6. The highest BCUT2D eigenvalue weighted by molar-refractivity contribution is 7.10. The van der Waals surface area contributed by atoms with Gasteiger partial charge in [-0.1, -0.05) is 51.1 Å². The molecule has 1 aliphatic rings. The van der Waals surface area contributed by atoms with Crippen LogP contribution in [-0.2, 0) is 4.79 Å². The quantitative estimate of drug-likeness (QED) is 0.784. The number of thiophene rings is 1. The van der Waals surface area contributed by atoms with Crippen LogP contribution in [0.2, 0.25) is 0 Å². The summed E-state index contributed by atoms with van der Waals surface area (Å²) in [6, 6.07) is 12.7. The molecule has 0 radical (unpaired) electrons. The number of hydrogen-bond donors (Lipinski definition) is 2. The molecule has 1 aliphatic heterocycles. The van der Waals surface area contributed by atoms with Crippen molar-refractivity contribution in [2.75, 3.05) is 13.1 Å². The molecule has 2 N–H and O–H groups in total. The van der Waals surface area contributed by atoms with E-state index >= 15 is 0 Å². The molecule has 2 aromatic rings. The highest BCUT2D eigenvalue weighted by Gasteiger charge is 2.30. The van der Waals surface area contributed by atoms with Crippen molar-refractivity contribution in [1.82, 2.24) is 10.6 Å². The zero-order chi connectivity index (χ0) is 17.1. The number of carbonyl (C=O) groups is 1. The van der Waals surface area contributed by atoms with Gasteiger partial charge in [0, 0.05) is 10.8 Å². The first-order valence-corrected chi connectivity index (χ1v) is 9.58. The molecule has 0 bridgehead atoms. The molecule has 5 heteroatoms. The topological polar surface area (TPSA) is 41.1 Å². The first-order chi connectivity index (χ1) is 11.6. The van der Waals surface area contributed by atoms with Gasteiger partial charge in [0.25, 0.3) is 0 Å². The zero-order valence-corrected chi connectivity index (χ0v) is 16.6. The third-order valence-corrected chi connectivity index (χ3v) is 5.92. The van der Waals surface area contributed by atoms with E-state index in [1.165, 1.54) is 10.4 Å². The molecule has 25 heavy (non-hydrogen) atoms. The second-order valence-corrected chi connectivity index (χ2v) is 7.96. The van der Waals surface area contributed by atoms with Crippen molar-refractivity contribution in [2.24, 2.45) is 11.8 Å². The zero-order valence-electron chi connectivity index (χ0n) is 15.0. The summed E-state index contributed by atoms with van der Waals surface area (Å²) in [4.78, 5) is 13.9. The van der Waals surface area contributed by atoms with E-state index in [2.05, 4.69) is 60.2 Å². The average molecular weight is 379 g/mol. The van der Waals surface area contributed by atoms with E-state index in [1.54, 1.807) is 11.3 Å². The summed E-state index contributed by atoms with van der Waals surface area (Å²) in [5, 5.41) is 8.59. The molecule has 3 nitrogen and oxygen atoms in total. The number of nitrogens with one attached hydrogen (secondary N) is 2. The molecule has 1 amide bonds. The van der Waals surface area contributed by atoms with Crippen molar-refractivity contribution < 1.29 is 4.79 Å². The van der Waals surface area contributed by atoms with E-state index in [1.807, 2.05) is 13.0 Å². The fourth-order valence-electron chi connectivity index (χ4n) is 3.00. The summed E-state index contributed by atoms with van der Waals surface area (Å²) in [5.41, 5.74) is 2.47. The molecule has 3 rings (SSSR count). The molecule has 136 valence electrons. The van der Waals surface area contributed by atoms with E-state index in [0.29, 0.717) is 11.8 Å². The summed E-state index contributed by atoms with van der Waals surface area (Å²) >= 11 is 1.69. The molecule has 1 saturated heterocycles. The first-order valence-electron chi connectivity index (χ1n) is 8.70. The summed E-state index contributed by atoms with van der Waals surface area (Å²) in [6.07, 6.45) is 0. The van der Waals surface area contributed by atoms with Crippen LogP contribution in [0.4, 0.5) is 0 Å². The van der Waals surface area contributed by atoms with Gasteiger partial charge in [-0.05, 0) is 47.5 Å². The van der Waals surface area contributed by atoms with Crippen LogP contribution in [0.1, 0.15) is 48.7 Å². The van der Waals surface area contributed by atoms with Gasteiger partial charge in [0.05, 0.1) is 6.04 Å². The minimum Gasteiger partial charge on any atom is -0.344 e. The molecule has 1 aromatic heterocycles. The van der Waals surface area contributed by atoms with Crippen LogP contribution in [-0.4, -0.2) is 19.0 Å². The predicted molar refractivity (Wildman–Crippen MR) is 108 cm³/mol. The Morgan fingerprint density at radius 2 is 1.76 bits per heavy atom. The smallest absolute Gasteiger partial charge is 0.223 e. The minimum absolute atomic E-state index is 0. The lowest BCUT2D eigenvalue weighted by Crippen LogP contribution is -2.50. The maximum atomic E-state index is 12.7. The number of hydrogen-bond acceptors (Lipinski definition) is 3. The van der Waals surface area contributed by atoms with E-state index in [9.17, 15) is 4.79 Å². The summed E-state index contributed by atoms with van der Waals surface area (Å²) in [5.74, 6) is 1.16. The number of amides is 1. The molecule has 2 unspecified atom stereocenters. The largest absolute Gasteiger partial charge is 0.344 e. The molecular formula is C20H27ClN2OS. The SMILES string of the molecule is CC(C)c1ccc(C(NC(=O)C(C)C2CNC2)c2cccs2)cc1.Cl. The predicted octanol–water partition coefficient (Wildman–Crippen LogP) is 4.35. The molecule has 0 aliphatic carbocycles. The van der Waals surface area contributed by atoms with Crippen molar-refractivity contribution in [1.29, 1.82) is 0 Å². The lowest BCUT2D eigenvalue weighted by molar-refractivity contribution is -0.127. The maximum absolute atomic E-state index is 12.7. The minimum atomic E-state index is -0.0609. The lowest BCUT2D eigenvalue weighted by Gasteiger charge is -2.32. The van der Waals surface area contributed by atoms with E-state index in [0.717, 1.165) is 18.7 Å². The van der Waals surface area contributed by atoms with E-state index in [-0.39, 0.29) is 30.3 Å². The molecule has 0 saturated carbocycles. The van der Waals surface area contributed by atoms with Gasteiger partial charge in [-0.3, -0.25) is 4.79 Å². The standard InChI is InChI=1S/C20H26N2OS.ClH/c1-13(2)15-6-8-16(9-7-15)19(18-5-4-10-24-18)22-20(23)14(3)17-11-21-12-17;/h4-10,13-14,17,19,21H,11-12H2,1-3H3,(H,22,23);1H. The maximum Gasteiger partial charge on any atom is 0.223 e. The third kappa shape index (κ3) is 4.63. The van der Waals surface area contributed by atoms with Crippen LogP contribution < -0.4 is 10.6 Å². The van der Waals surface area contributed by atoms with Crippen molar-refractivity contribution in [2.45, 2.75) is 32.7 Å². The summed E-state index contributed by atoms with van der Waals surface area (Å²) in [7, 11) is 0. The van der Waals surface area contributed by atoms with Gasteiger partial charge in [0.15, 0.2) is 0 Å². The summed E-state index contributed by atoms with van der Waals surface area (Å²) in [6.45, 7) is 8.32. The molecule has 0 spiro atoms. The fourth-order valence-corrected chi connectivity index (χ4v) is 3.80. The van der Waals surface area contributed by atoms with Gasteiger partial charge in [0.1, 0.15) is 0 Å². The number of carbonyl (C=O) groups excluding carboxylic acids is 1. The van der Waals surface area contributed by atoms with Crippen LogP contribution in [0.3, 0.4) is 0 Å². The Labute approximate surface area is 160 Å². The first kappa shape index (κ1) is 20.0. The second-order valence-electron chi connectivity index (χ2n) is 6.99. The Hall–Kier alpha value is -1.36. The van der Waals surface area contributed by atoms with Crippen molar-refractivity contribution in [3.63, 3.8) is 0 Å². The highest BCUT2D eigenvalue weighted by atomic mass is 35.5. The van der Waals surface area contributed by atoms with Crippen LogP contribution in [0, 0.1) is 11.8 Å². The highest BCUT2D eigenvalue weighted by Crippen LogP contribution is 2.28. The van der Waals surface area contributed by atoms with Crippen LogP contribution in [0.15, 0.2) is 41.8 Å². The Morgan fingerprint density at radius 3 is 2.24 bits per heavy atom. The van der Waals surface area contributed by atoms with Gasteiger partial charge >= 0.3 is 0 Å². The molecule has 2 heterocycles. The van der Waals surface area contributed by atoms with E-state index < -0.39 is 0 Å². The Balaban J connectivity index is 0.00000225. The van der Waals surface area contributed by atoms with Gasteiger partial charge in [-0.15, -0.1) is 23.7 Å². The van der Waals surface area contributed by atoms with E-state index in [4.69, 9.17) is 0 Å². The molecule has 2 atom stereocenters. The van der Waals surface area contributed by atoms with Crippen LogP contribution >= 0.6 is 23.7 Å². The van der Waals surface area contributed by atoms with Gasteiger partial charge in [0.2, 0.25) is 5.91 Å². The Morgan fingerprint density at radius 1 is 1.12 bits per heavy atom. The number of rotatable bonds is 6. The van der Waals surface area contributed by atoms with Crippen molar-refractivity contribution in [3.05, 3.63) is 57.8 Å². The lowest BCUT2D eigenvalue weighted by atomic mass is 9.88. The van der Waals surface area contributed by atoms with Crippen molar-refractivity contribution >= 4 is 29.7 Å². The van der Waals surface area contributed by atoms with Crippen LogP contribution in [0.5, 0.6) is 0 Å². The molecular weight excluding hydrogens is 352 g/mol. The monoisotopic (exact) mass is 378 g/mol. The molecule has 1 fully saturated rings. The molecule has 1 aromatic carbocycles. The van der Waals surface area contributed by atoms with Crippen molar-refractivity contribution in [3.8, 4) is 0 Å². The average Bonchev–Trinajstić information content (AvgIpc) is 3.04. The Kier molecular flexibility index (Phi) is 7.05. The Bertz CT molecular complexity index is 666. The van der Waals surface area contributed by atoms with Gasteiger partial charge < -0.3 is 10.6 Å². The third-order valence-electron chi connectivity index (χ3n) is 4.98.